The molecule has 0 radical (unpaired) electrons. The van der Waals surface area contributed by atoms with Crippen molar-refractivity contribution in [3.63, 3.8) is 0 Å². The summed E-state index contributed by atoms with van der Waals surface area (Å²) >= 11 is 0. The molecule has 0 amide bonds. The van der Waals surface area contributed by atoms with E-state index in [-0.39, 0.29) is 5.82 Å². The van der Waals surface area contributed by atoms with Crippen LogP contribution in [0.5, 0.6) is 0 Å². The molecule has 0 aliphatic heterocycles. The van der Waals surface area contributed by atoms with Crippen LogP contribution in [0.2, 0.25) is 0 Å². The average Bonchev–Trinajstić information content (AvgIpc) is 2.81. The van der Waals surface area contributed by atoms with Crippen molar-refractivity contribution < 1.29 is 4.39 Å². The zero-order valence-corrected chi connectivity index (χ0v) is 11.2. The fourth-order valence-electron chi connectivity index (χ4n) is 1.75. The van der Waals surface area contributed by atoms with E-state index in [1.54, 1.807) is 10.7 Å². The summed E-state index contributed by atoms with van der Waals surface area (Å²) in [7, 11) is 0. The number of hydrogen-bond acceptors (Lipinski definition) is 4. The van der Waals surface area contributed by atoms with Crippen molar-refractivity contribution in [3.8, 4) is 0 Å². The van der Waals surface area contributed by atoms with Crippen molar-refractivity contribution in [1.82, 2.24) is 25.5 Å². The van der Waals surface area contributed by atoms with Gasteiger partial charge in [0.1, 0.15) is 5.82 Å². The second kappa shape index (κ2) is 6.38. The lowest BCUT2D eigenvalue weighted by Crippen LogP contribution is -2.24. The molecule has 1 N–H and O–H groups in total. The summed E-state index contributed by atoms with van der Waals surface area (Å²) in [4.78, 5) is 0. The van der Waals surface area contributed by atoms with Crippen LogP contribution in [0, 0.1) is 5.82 Å². The van der Waals surface area contributed by atoms with Crippen LogP contribution in [0.3, 0.4) is 0 Å². The largest absolute Gasteiger partial charge is 0.308 e. The minimum atomic E-state index is -0.212. The van der Waals surface area contributed by atoms with E-state index in [9.17, 15) is 4.39 Å². The smallest absolute Gasteiger partial charge is 0.165 e. The van der Waals surface area contributed by atoms with E-state index in [4.69, 9.17) is 0 Å². The van der Waals surface area contributed by atoms with Crippen molar-refractivity contribution in [3.05, 3.63) is 41.5 Å². The Labute approximate surface area is 111 Å². The van der Waals surface area contributed by atoms with E-state index >= 15 is 0 Å². The van der Waals surface area contributed by atoms with Gasteiger partial charge in [0, 0.05) is 12.6 Å². The highest BCUT2D eigenvalue weighted by atomic mass is 19.1. The van der Waals surface area contributed by atoms with E-state index in [2.05, 4.69) is 34.7 Å². The molecule has 102 valence electrons. The lowest BCUT2D eigenvalue weighted by Gasteiger charge is -2.08. The first kappa shape index (κ1) is 13.6. The zero-order valence-electron chi connectivity index (χ0n) is 11.2. The van der Waals surface area contributed by atoms with Crippen molar-refractivity contribution in [1.29, 1.82) is 0 Å². The zero-order chi connectivity index (χ0) is 13.7. The molecule has 0 aliphatic rings. The Morgan fingerprint density at radius 2 is 2.21 bits per heavy atom. The van der Waals surface area contributed by atoms with Gasteiger partial charge in [0.15, 0.2) is 5.82 Å². The van der Waals surface area contributed by atoms with Crippen LogP contribution in [0.25, 0.3) is 0 Å². The molecule has 2 aromatic rings. The maximum absolute atomic E-state index is 13.1. The van der Waals surface area contributed by atoms with Crippen LogP contribution < -0.4 is 5.32 Å². The van der Waals surface area contributed by atoms with E-state index in [1.807, 2.05) is 6.07 Å². The summed E-state index contributed by atoms with van der Waals surface area (Å²) in [6.45, 7) is 5.42. The van der Waals surface area contributed by atoms with Crippen molar-refractivity contribution in [2.24, 2.45) is 0 Å². The highest BCUT2D eigenvalue weighted by Crippen LogP contribution is 2.05. The summed E-state index contributed by atoms with van der Waals surface area (Å²) < 4.78 is 14.8. The Balaban J connectivity index is 1.94. The molecule has 0 saturated carbocycles. The van der Waals surface area contributed by atoms with Crippen LogP contribution in [0.1, 0.15) is 25.2 Å². The lowest BCUT2D eigenvalue weighted by atomic mass is 10.1. The van der Waals surface area contributed by atoms with Crippen molar-refractivity contribution in [2.75, 3.05) is 0 Å². The SMILES string of the molecule is CC(C)NCc1nnnn1CCc1cccc(F)c1. The molecule has 1 aromatic heterocycles. The van der Waals surface area contributed by atoms with Gasteiger partial charge in [-0.15, -0.1) is 5.10 Å². The van der Waals surface area contributed by atoms with Gasteiger partial charge >= 0.3 is 0 Å². The minimum absolute atomic E-state index is 0.212. The number of nitrogens with one attached hydrogen (secondary N) is 1. The first-order valence-corrected chi connectivity index (χ1v) is 6.38. The Morgan fingerprint density at radius 3 is 2.95 bits per heavy atom. The third-order valence-corrected chi connectivity index (χ3v) is 2.78. The summed E-state index contributed by atoms with van der Waals surface area (Å²) in [6, 6.07) is 6.98. The topological polar surface area (TPSA) is 55.6 Å². The number of benzene rings is 1. The van der Waals surface area contributed by atoms with Gasteiger partial charge < -0.3 is 5.32 Å². The quantitative estimate of drug-likeness (QED) is 0.859. The van der Waals surface area contributed by atoms with E-state index in [0.717, 1.165) is 11.4 Å². The normalized spacial score (nSPS) is 11.2. The minimum Gasteiger partial charge on any atom is -0.308 e. The number of aryl methyl sites for hydroxylation is 2. The van der Waals surface area contributed by atoms with Gasteiger partial charge in [0.2, 0.25) is 0 Å². The fourth-order valence-corrected chi connectivity index (χ4v) is 1.75. The molecule has 1 aromatic carbocycles. The van der Waals surface area contributed by atoms with Gasteiger partial charge in [-0.1, -0.05) is 26.0 Å². The third-order valence-electron chi connectivity index (χ3n) is 2.78. The van der Waals surface area contributed by atoms with Crippen LogP contribution >= 0.6 is 0 Å². The fraction of sp³-hybridized carbons (Fsp3) is 0.462. The number of hydrogen-bond donors (Lipinski definition) is 1. The molecule has 5 nitrogen and oxygen atoms in total. The third kappa shape index (κ3) is 4.10. The predicted octanol–water partition coefficient (Wildman–Crippen LogP) is 1.55. The Hall–Kier alpha value is -1.82. The van der Waals surface area contributed by atoms with Crippen molar-refractivity contribution in [2.45, 2.75) is 39.4 Å². The molecule has 0 fully saturated rings. The first-order chi connectivity index (χ1) is 9.15. The first-order valence-electron chi connectivity index (χ1n) is 6.38. The van der Waals surface area contributed by atoms with Gasteiger partial charge in [-0.05, 0) is 34.5 Å². The monoisotopic (exact) mass is 263 g/mol. The second-order valence-corrected chi connectivity index (χ2v) is 4.73. The number of rotatable bonds is 6. The van der Waals surface area contributed by atoms with E-state index < -0.39 is 0 Å². The van der Waals surface area contributed by atoms with E-state index in [0.29, 0.717) is 25.6 Å². The number of aromatic nitrogens is 4. The standard InChI is InChI=1S/C13H18FN5/c1-10(2)15-9-13-16-17-18-19(13)7-6-11-4-3-5-12(14)8-11/h3-5,8,10,15H,6-7,9H2,1-2H3. The van der Waals surface area contributed by atoms with Gasteiger partial charge in [-0.3, -0.25) is 0 Å². The second-order valence-electron chi connectivity index (χ2n) is 4.73. The molecule has 1 heterocycles. The molecule has 0 spiro atoms. The molecule has 0 bridgehead atoms. The lowest BCUT2D eigenvalue weighted by molar-refractivity contribution is 0.516. The van der Waals surface area contributed by atoms with Crippen LogP contribution in [0.4, 0.5) is 4.39 Å². The predicted molar refractivity (Wildman–Crippen MR) is 69.9 cm³/mol. The molecular weight excluding hydrogens is 245 g/mol. The summed E-state index contributed by atoms with van der Waals surface area (Å²) in [6.07, 6.45) is 0.706. The molecule has 0 atom stereocenters. The number of tetrazole rings is 1. The van der Waals surface area contributed by atoms with Crippen LogP contribution in [-0.2, 0) is 19.5 Å². The summed E-state index contributed by atoms with van der Waals surface area (Å²) in [5.41, 5.74) is 0.943. The number of nitrogens with zero attached hydrogens (tertiary/aromatic N) is 4. The number of halogens is 1. The van der Waals surface area contributed by atoms with Gasteiger partial charge in [0.05, 0.1) is 6.54 Å². The Morgan fingerprint density at radius 1 is 1.37 bits per heavy atom. The molecular formula is C13H18FN5. The van der Waals surface area contributed by atoms with Gasteiger partial charge in [-0.2, -0.15) is 0 Å². The Bertz CT molecular complexity index is 523. The van der Waals surface area contributed by atoms with E-state index in [1.165, 1.54) is 12.1 Å². The van der Waals surface area contributed by atoms with Gasteiger partial charge in [0.25, 0.3) is 0 Å². The molecule has 2 rings (SSSR count). The Kier molecular flexibility index (Phi) is 4.57. The summed E-state index contributed by atoms with van der Waals surface area (Å²) in [5.74, 6) is 0.584. The van der Waals surface area contributed by atoms with Crippen LogP contribution in [-0.4, -0.2) is 26.2 Å². The highest BCUT2D eigenvalue weighted by molar-refractivity contribution is 5.16. The highest BCUT2D eigenvalue weighted by Gasteiger charge is 2.06. The molecule has 0 aliphatic carbocycles. The molecule has 19 heavy (non-hydrogen) atoms. The molecule has 0 saturated heterocycles. The maximum atomic E-state index is 13.1. The van der Waals surface area contributed by atoms with Crippen LogP contribution in [0.15, 0.2) is 24.3 Å². The molecule has 0 unspecified atom stereocenters. The summed E-state index contributed by atoms with van der Waals surface area (Å²) in [5, 5.41) is 14.9. The molecule has 6 heteroatoms. The maximum Gasteiger partial charge on any atom is 0.165 e. The van der Waals surface area contributed by atoms with Crippen molar-refractivity contribution >= 4 is 0 Å². The average molecular weight is 263 g/mol. The van der Waals surface area contributed by atoms with Gasteiger partial charge in [-0.25, -0.2) is 9.07 Å².